The van der Waals surface area contributed by atoms with Gasteiger partial charge in [0.15, 0.2) is 0 Å². The summed E-state index contributed by atoms with van der Waals surface area (Å²) in [5.41, 5.74) is -1.77. The van der Waals surface area contributed by atoms with E-state index in [2.05, 4.69) is 9.97 Å². The van der Waals surface area contributed by atoms with Crippen LogP contribution >= 0.6 is 11.6 Å². The Morgan fingerprint density at radius 2 is 1.62 bits per heavy atom. The average molecular weight is 431 g/mol. The number of amides is 2. The van der Waals surface area contributed by atoms with Crippen LogP contribution in [0.15, 0.2) is 6.07 Å². The third kappa shape index (κ3) is 7.66. The summed E-state index contributed by atoms with van der Waals surface area (Å²) in [6, 6.07) is 1.30. The zero-order valence-corrected chi connectivity index (χ0v) is 18.3. The lowest BCUT2D eigenvalue weighted by atomic mass is 10.2. The molecule has 1 fully saturated rings. The number of carbonyl (C=O) groups excluding carboxylic acids is 2. The van der Waals surface area contributed by atoms with E-state index in [4.69, 9.17) is 31.9 Å². The number of hydrogen-bond donors (Lipinski definition) is 0. The lowest BCUT2D eigenvalue weighted by Gasteiger charge is -2.28. The van der Waals surface area contributed by atoms with Gasteiger partial charge < -0.3 is 18.9 Å². The van der Waals surface area contributed by atoms with Crippen molar-refractivity contribution in [3.8, 4) is 5.88 Å². The van der Waals surface area contributed by atoms with Crippen LogP contribution < -0.4 is 9.64 Å². The number of imide groups is 1. The molecule has 1 aliphatic heterocycles. The third-order valence-corrected chi connectivity index (χ3v) is 3.50. The van der Waals surface area contributed by atoms with E-state index < -0.39 is 29.5 Å². The van der Waals surface area contributed by atoms with Gasteiger partial charge in [-0.25, -0.2) is 9.59 Å². The molecule has 0 atom stereocenters. The third-order valence-electron chi connectivity index (χ3n) is 3.31. The van der Waals surface area contributed by atoms with Gasteiger partial charge in [0, 0.05) is 18.9 Å². The first-order valence-corrected chi connectivity index (χ1v) is 9.63. The number of halogens is 1. The van der Waals surface area contributed by atoms with Crippen LogP contribution in [-0.4, -0.2) is 52.7 Å². The molecule has 0 N–H and O–H groups in total. The maximum atomic E-state index is 12.7. The molecule has 0 aromatic carbocycles. The largest absolute Gasteiger partial charge is 0.474 e. The maximum absolute atomic E-state index is 12.7. The van der Waals surface area contributed by atoms with Crippen LogP contribution in [0.3, 0.4) is 0 Å². The molecular weight excluding hydrogens is 402 g/mol. The molecule has 10 heteroatoms. The second-order valence-corrected chi connectivity index (χ2v) is 8.77. The summed E-state index contributed by atoms with van der Waals surface area (Å²) < 4.78 is 30.0. The van der Waals surface area contributed by atoms with Crippen molar-refractivity contribution < 1.29 is 29.9 Å². The number of ether oxygens (including phenoxy) is 4. The molecule has 0 bridgehead atoms. The van der Waals surface area contributed by atoms with E-state index in [1.165, 1.54) is 6.07 Å². The van der Waals surface area contributed by atoms with Crippen LogP contribution in [0.25, 0.3) is 0 Å². The zero-order valence-electron chi connectivity index (χ0n) is 18.6. The summed E-state index contributed by atoms with van der Waals surface area (Å²) in [5, 5.41) is -0.0808. The van der Waals surface area contributed by atoms with Crippen LogP contribution in [0.5, 0.6) is 5.88 Å². The fourth-order valence-electron chi connectivity index (χ4n) is 2.24. The van der Waals surface area contributed by atoms with Crippen LogP contribution in [0, 0.1) is 0 Å². The number of hydrogen-bond acceptors (Lipinski definition) is 8. The van der Waals surface area contributed by atoms with Crippen LogP contribution in [0.1, 0.15) is 55.8 Å². The summed E-state index contributed by atoms with van der Waals surface area (Å²) in [6.45, 7) is 10.7. The van der Waals surface area contributed by atoms with E-state index >= 15 is 0 Å². The molecule has 0 unspecified atom stereocenters. The first kappa shape index (κ1) is 21.6. The minimum atomic E-state index is -1.27. The molecule has 1 saturated heterocycles. The molecular formula is C19H28ClN3O6. The quantitative estimate of drug-likeness (QED) is 0.652. The molecule has 2 amide bonds. The first-order chi connectivity index (χ1) is 13.7. The molecule has 2 rings (SSSR count). The lowest BCUT2D eigenvalue weighted by Crippen LogP contribution is -2.44. The topological polar surface area (TPSA) is 100 Å². The molecule has 29 heavy (non-hydrogen) atoms. The van der Waals surface area contributed by atoms with Gasteiger partial charge in [-0.2, -0.15) is 9.97 Å². The van der Waals surface area contributed by atoms with Crippen molar-refractivity contribution in [2.45, 2.75) is 71.7 Å². The van der Waals surface area contributed by atoms with Crippen molar-refractivity contribution in [3.05, 3.63) is 11.2 Å². The monoisotopic (exact) mass is 430 g/mol. The second-order valence-electron chi connectivity index (χ2n) is 8.38. The van der Waals surface area contributed by atoms with Crippen molar-refractivity contribution >= 4 is 29.7 Å². The molecule has 9 nitrogen and oxygen atoms in total. The molecule has 0 aliphatic carbocycles. The number of carbonyl (C=O) groups is 2. The Labute approximate surface area is 177 Å². The Morgan fingerprint density at radius 1 is 1.10 bits per heavy atom. The minimum absolute atomic E-state index is 0.0565. The van der Waals surface area contributed by atoms with Gasteiger partial charge in [-0.05, 0) is 41.5 Å². The molecule has 1 aliphatic rings. The Hall–Kier alpha value is -2.13. The molecule has 0 saturated carbocycles. The Kier molecular flexibility index (Phi) is 6.79. The van der Waals surface area contributed by atoms with Crippen molar-refractivity contribution in [2.24, 2.45) is 0 Å². The van der Waals surface area contributed by atoms with Gasteiger partial charge in [0.05, 0.1) is 14.6 Å². The van der Waals surface area contributed by atoms with Crippen molar-refractivity contribution in [1.29, 1.82) is 0 Å². The predicted molar refractivity (Wildman–Crippen MR) is 106 cm³/mol. The minimum Gasteiger partial charge on any atom is -0.474 e. The highest BCUT2D eigenvalue weighted by Crippen LogP contribution is 2.25. The number of anilines is 1. The van der Waals surface area contributed by atoms with E-state index in [9.17, 15) is 9.59 Å². The molecule has 0 radical (unpaired) electrons. The molecule has 1 aromatic heterocycles. The van der Waals surface area contributed by atoms with Crippen LogP contribution in [-0.2, 0) is 14.2 Å². The summed E-state index contributed by atoms with van der Waals surface area (Å²) >= 11 is 6.08. The summed E-state index contributed by atoms with van der Waals surface area (Å²) in [5.74, 6) is -0.435. The SMILES string of the molecule is [2H]C1(Oc2cc(Cl)nc(N(C(=O)OC(C)(C)C)C(=O)OC(C)(C)C)n2)CCOCC1. The first-order valence-electron chi connectivity index (χ1n) is 9.75. The Balaban J connectivity index is 2.40. The normalized spacial score (nSPS) is 17.1. The zero-order chi connectivity index (χ0) is 22.7. The van der Waals surface area contributed by atoms with Gasteiger partial charge in [-0.3, -0.25) is 0 Å². The number of rotatable bonds is 3. The van der Waals surface area contributed by atoms with E-state index in [1.807, 2.05) is 0 Å². The van der Waals surface area contributed by atoms with E-state index in [0.29, 0.717) is 31.0 Å². The van der Waals surface area contributed by atoms with E-state index in [-0.39, 0.29) is 17.0 Å². The highest BCUT2D eigenvalue weighted by molar-refractivity contribution is 6.29. The summed E-state index contributed by atoms with van der Waals surface area (Å²) in [7, 11) is 0. The van der Waals surface area contributed by atoms with Crippen LogP contribution in [0.4, 0.5) is 15.5 Å². The van der Waals surface area contributed by atoms with Gasteiger partial charge in [-0.1, -0.05) is 11.6 Å². The molecule has 0 spiro atoms. The van der Waals surface area contributed by atoms with Crippen LogP contribution in [0.2, 0.25) is 5.15 Å². The Morgan fingerprint density at radius 3 is 2.10 bits per heavy atom. The summed E-state index contributed by atoms with van der Waals surface area (Å²) in [4.78, 5) is 34.1. The summed E-state index contributed by atoms with van der Waals surface area (Å²) in [6.07, 6.45) is -2.68. The number of nitrogens with zero attached hydrogens (tertiary/aromatic N) is 3. The predicted octanol–water partition coefficient (Wildman–Crippen LogP) is 4.36. The smallest absolute Gasteiger partial charge is 0.427 e. The van der Waals surface area contributed by atoms with Gasteiger partial charge >= 0.3 is 12.2 Å². The van der Waals surface area contributed by atoms with E-state index in [1.54, 1.807) is 41.5 Å². The standard InChI is InChI=1S/C19H28ClN3O6/c1-18(2,3)28-16(24)23(17(25)29-19(4,5)6)15-21-13(20)11-14(22-15)27-12-7-9-26-10-8-12/h11-12H,7-10H2,1-6H3/i12D. The van der Waals surface area contributed by atoms with Crippen molar-refractivity contribution in [3.63, 3.8) is 0 Å². The second kappa shape index (κ2) is 9.13. The lowest BCUT2D eigenvalue weighted by molar-refractivity contribution is 0.0237. The van der Waals surface area contributed by atoms with Crippen molar-refractivity contribution in [1.82, 2.24) is 9.97 Å². The van der Waals surface area contributed by atoms with Gasteiger partial charge in [0.25, 0.3) is 0 Å². The fraction of sp³-hybridized carbons (Fsp3) is 0.684. The Bertz CT molecular complexity index is 759. The highest BCUT2D eigenvalue weighted by Gasteiger charge is 2.35. The maximum Gasteiger partial charge on any atom is 0.427 e. The van der Waals surface area contributed by atoms with Gasteiger partial charge in [-0.15, -0.1) is 4.90 Å². The van der Waals surface area contributed by atoms with Gasteiger partial charge in [0.1, 0.15) is 22.4 Å². The average Bonchev–Trinajstić information content (AvgIpc) is 2.50. The molecule has 1 aromatic rings. The molecule has 162 valence electrons. The number of aromatic nitrogens is 2. The highest BCUT2D eigenvalue weighted by atomic mass is 35.5. The van der Waals surface area contributed by atoms with Crippen molar-refractivity contribution in [2.75, 3.05) is 18.1 Å². The van der Waals surface area contributed by atoms with Gasteiger partial charge in [0.2, 0.25) is 11.8 Å². The molecule has 2 heterocycles. The fourth-order valence-corrected chi connectivity index (χ4v) is 2.41. The van der Waals surface area contributed by atoms with E-state index in [0.717, 1.165) is 0 Å².